The zero-order valence-electron chi connectivity index (χ0n) is 10.8. The molecular weight excluding hydrogens is 256 g/mol. The van der Waals surface area contributed by atoms with Crippen LogP contribution in [0.15, 0.2) is 30.3 Å². The lowest BCUT2D eigenvalue weighted by Crippen LogP contribution is -2.25. The van der Waals surface area contributed by atoms with Crippen LogP contribution in [-0.4, -0.2) is 17.4 Å². The molecule has 1 aliphatic carbocycles. The molecule has 0 aliphatic heterocycles. The van der Waals surface area contributed by atoms with Gasteiger partial charge in [0.25, 0.3) is 5.91 Å². The number of carbonyl (C=O) groups is 1. The van der Waals surface area contributed by atoms with E-state index >= 15 is 0 Å². The van der Waals surface area contributed by atoms with E-state index in [2.05, 4.69) is 10.3 Å². The van der Waals surface area contributed by atoms with Crippen molar-refractivity contribution in [2.24, 2.45) is 5.92 Å². The summed E-state index contributed by atoms with van der Waals surface area (Å²) in [6.45, 7) is 2.70. The Morgan fingerprint density at radius 1 is 1.37 bits per heavy atom. The summed E-state index contributed by atoms with van der Waals surface area (Å²) < 4.78 is 0. The van der Waals surface area contributed by atoms with Crippen LogP contribution in [0.2, 0.25) is 0 Å². The zero-order valence-corrected chi connectivity index (χ0v) is 11.7. The number of hydrogen-bond donors (Lipinski definition) is 1. The molecule has 3 rings (SSSR count). The number of aryl methyl sites for hydroxylation is 1. The fourth-order valence-corrected chi connectivity index (χ4v) is 2.94. The van der Waals surface area contributed by atoms with Crippen molar-refractivity contribution in [2.45, 2.75) is 19.8 Å². The average molecular weight is 272 g/mol. The van der Waals surface area contributed by atoms with Gasteiger partial charge in [0.2, 0.25) is 0 Å². The first kappa shape index (κ1) is 12.4. The molecule has 98 valence electrons. The summed E-state index contributed by atoms with van der Waals surface area (Å²) in [5.41, 5.74) is 1.88. The first-order chi connectivity index (χ1) is 9.24. The van der Waals surface area contributed by atoms with E-state index < -0.39 is 0 Å². The van der Waals surface area contributed by atoms with Gasteiger partial charge in [-0.3, -0.25) is 4.79 Å². The number of aromatic nitrogens is 1. The van der Waals surface area contributed by atoms with Crippen molar-refractivity contribution in [3.05, 3.63) is 40.9 Å². The Morgan fingerprint density at radius 3 is 2.79 bits per heavy atom. The van der Waals surface area contributed by atoms with Gasteiger partial charge in [-0.1, -0.05) is 30.3 Å². The number of nitrogens with one attached hydrogen (secondary N) is 1. The molecule has 0 saturated heterocycles. The van der Waals surface area contributed by atoms with Gasteiger partial charge in [-0.15, -0.1) is 11.3 Å². The predicted octanol–water partition coefficient (Wildman–Crippen LogP) is 3.26. The maximum Gasteiger partial charge on any atom is 0.263 e. The molecule has 0 bridgehead atoms. The van der Waals surface area contributed by atoms with Crippen LogP contribution in [0, 0.1) is 12.8 Å². The third kappa shape index (κ3) is 2.84. The topological polar surface area (TPSA) is 42.0 Å². The highest BCUT2D eigenvalue weighted by atomic mass is 32.1. The van der Waals surface area contributed by atoms with Crippen LogP contribution in [0.5, 0.6) is 0 Å². The minimum absolute atomic E-state index is 0.0177. The molecule has 2 aromatic rings. The number of thiazole rings is 1. The molecular formula is C15H16N2OS. The Hall–Kier alpha value is -1.68. The largest absolute Gasteiger partial charge is 0.351 e. The molecule has 1 fully saturated rings. The van der Waals surface area contributed by atoms with Gasteiger partial charge in [-0.2, -0.15) is 0 Å². The van der Waals surface area contributed by atoms with Gasteiger partial charge in [-0.05, 0) is 25.7 Å². The molecule has 3 nitrogen and oxygen atoms in total. The lowest BCUT2D eigenvalue weighted by molar-refractivity contribution is 0.0955. The Bertz CT molecular complexity index is 587. The zero-order chi connectivity index (χ0) is 13.2. The molecule has 4 heteroatoms. The first-order valence-electron chi connectivity index (χ1n) is 6.55. The van der Waals surface area contributed by atoms with E-state index in [0.717, 1.165) is 27.7 Å². The van der Waals surface area contributed by atoms with Crippen LogP contribution in [0.25, 0.3) is 10.6 Å². The van der Waals surface area contributed by atoms with Crippen molar-refractivity contribution in [2.75, 3.05) is 6.54 Å². The normalized spacial score (nSPS) is 14.4. The number of amides is 1. The fraction of sp³-hybridized carbons (Fsp3) is 0.333. The molecule has 1 aromatic heterocycles. The van der Waals surface area contributed by atoms with Crippen LogP contribution in [0.4, 0.5) is 0 Å². The molecule has 1 aliphatic rings. The van der Waals surface area contributed by atoms with Crippen molar-refractivity contribution in [1.29, 1.82) is 0 Å². The smallest absolute Gasteiger partial charge is 0.263 e. The highest BCUT2D eigenvalue weighted by molar-refractivity contribution is 7.17. The summed E-state index contributed by atoms with van der Waals surface area (Å²) in [4.78, 5) is 17.3. The van der Waals surface area contributed by atoms with Gasteiger partial charge in [-0.25, -0.2) is 4.98 Å². The molecule has 0 radical (unpaired) electrons. The molecule has 0 atom stereocenters. The second-order valence-corrected chi connectivity index (χ2v) is 5.95. The van der Waals surface area contributed by atoms with Crippen LogP contribution < -0.4 is 5.32 Å². The maximum atomic E-state index is 12.1. The minimum Gasteiger partial charge on any atom is -0.351 e. The Labute approximate surface area is 116 Å². The lowest BCUT2D eigenvalue weighted by atomic mass is 10.2. The monoisotopic (exact) mass is 272 g/mol. The van der Waals surface area contributed by atoms with E-state index in [1.807, 2.05) is 37.3 Å². The molecule has 19 heavy (non-hydrogen) atoms. The summed E-state index contributed by atoms with van der Waals surface area (Å²) >= 11 is 1.47. The van der Waals surface area contributed by atoms with Crippen LogP contribution in [0.3, 0.4) is 0 Å². The first-order valence-corrected chi connectivity index (χ1v) is 7.37. The summed E-state index contributed by atoms with van der Waals surface area (Å²) in [6, 6.07) is 9.99. The van der Waals surface area contributed by atoms with E-state index in [1.165, 1.54) is 24.2 Å². The third-order valence-corrected chi connectivity index (χ3v) is 4.48. The van der Waals surface area contributed by atoms with Gasteiger partial charge in [0.1, 0.15) is 9.88 Å². The molecule has 1 saturated carbocycles. The predicted molar refractivity (Wildman–Crippen MR) is 77.3 cm³/mol. The van der Waals surface area contributed by atoms with Crippen molar-refractivity contribution >= 4 is 17.2 Å². The van der Waals surface area contributed by atoms with Crippen molar-refractivity contribution in [3.8, 4) is 10.6 Å². The maximum absolute atomic E-state index is 12.1. The summed E-state index contributed by atoms with van der Waals surface area (Å²) in [5, 5.41) is 3.91. The summed E-state index contributed by atoms with van der Waals surface area (Å²) in [6.07, 6.45) is 2.49. The molecule has 0 spiro atoms. The highest BCUT2D eigenvalue weighted by Gasteiger charge is 2.23. The lowest BCUT2D eigenvalue weighted by Gasteiger charge is -2.01. The SMILES string of the molecule is Cc1nc(-c2ccccc2)sc1C(=O)NCC1CC1. The average Bonchev–Trinajstić information content (AvgIpc) is 3.18. The third-order valence-electron chi connectivity index (χ3n) is 3.27. The van der Waals surface area contributed by atoms with Crippen LogP contribution >= 0.6 is 11.3 Å². The molecule has 1 amide bonds. The second-order valence-electron chi connectivity index (χ2n) is 4.95. The van der Waals surface area contributed by atoms with Crippen molar-refractivity contribution in [3.63, 3.8) is 0 Å². The minimum atomic E-state index is 0.0177. The number of nitrogens with zero attached hydrogens (tertiary/aromatic N) is 1. The highest BCUT2D eigenvalue weighted by Crippen LogP contribution is 2.29. The van der Waals surface area contributed by atoms with Crippen molar-refractivity contribution in [1.82, 2.24) is 10.3 Å². The van der Waals surface area contributed by atoms with E-state index in [9.17, 15) is 4.79 Å². The van der Waals surface area contributed by atoms with E-state index in [4.69, 9.17) is 0 Å². The fourth-order valence-electron chi connectivity index (χ4n) is 1.95. The second kappa shape index (κ2) is 5.13. The van der Waals surface area contributed by atoms with E-state index in [-0.39, 0.29) is 5.91 Å². The Morgan fingerprint density at radius 2 is 2.11 bits per heavy atom. The van der Waals surface area contributed by atoms with Gasteiger partial charge in [0.15, 0.2) is 0 Å². The van der Waals surface area contributed by atoms with Gasteiger partial charge in [0.05, 0.1) is 5.69 Å². The number of rotatable bonds is 4. The van der Waals surface area contributed by atoms with E-state index in [1.54, 1.807) is 0 Å². The molecule has 1 aromatic carbocycles. The summed E-state index contributed by atoms with van der Waals surface area (Å²) in [7, 11) is 0. The summed E-state index contributed by atoms with van der Waals surface area (Å²) in [5.74, 6) is 0.717. The number of hydrogen-bond acceptors (Lipinski definition) is 3. The van der Waals surface area contributed by atoms with Gasteiger partial charge < -0.3 is 5.32 Å². The van der Waals surface area contributed by atoms with Gasteiger partial charge >= 0.3 is 0 Å². The molecule has 0 unspecified atom stereocenters. The molecule has 1 N–H and O–H groups in total. The van der Waals surface area contributed by atoms with Crippen molar-refractivity contribution < 1.29 is 4.79 Å². The van der Waals surface area contributed by atoms with Gasteiger partial charge in [0, 0.05) is 12.1 Å². The van der Waals surface area contributed by atoms with E-state index in [0.29, 0.717) is 5.92 Å². The Balaban J connectivity index is 1.78. The molecule has 1 heterocycles. The number of benzene rings is 1. The van der Waals surface area contributed by atoms with Crippen LogP contribution in [0.1, 0.15) is 28.2 Å². The standard InChI is InChI=1S/C15H16N2OS/c1-10-13(14(18)16-9-11-7-8-11)19-15(17-10)12-5-3-2-4-6-12/h2-6,11H,7-9H2,1H3,(H,16,18). The van der Waals surface area contributed by atoms with Crippen LogP contribution in [-0.2, 0) is 0 Å². The number of carbonyl (C=O) groups excluding carboxylic acids is 1. The quantitative estimate of drug-likeness (QED) is 0.928. The Kier molecular flexibility index (Phi) is 3.34.